The van der Waals surface area contributed by atoms with Gasteiger partial charge in [-0.05, 0) is 35.1 Å². The number of aliphatic carboxylic acids is 1. The molecule has 124 valence electrons. The van der Waals surface area contributed by atoms with Crippen LogP contribution in [0.2, 0.25) is 0 Å². The third-order valence-electron chi connectivity index (χ3n) is 4.64. The number of carboxylic acids is 1. The van der Waals surface area contributed by atoms with Gasteiger partial charge in [-0.15, -0.1) is 0 Å². The molecule has 0 aromatic heterocycles. The number of rotatable bonds is 2. The Hall–Kier alpha value is -1.44. The van der Waals surface area contributed by atoms with Crippen LogP contribution < -0.4 is 0 Å². The van der Waals surface area contributed by atoms with Gasteiger partial charge in [0, 0.05) is 30.4 Å². The zero-order valence-electron chi connectivity index (χ0n) is 12.9. The maximum Gasteiger partial charge on any atom is 0.328 e. The summed E-state index contributed by atoms with van der Waals surface area (Å²) in [6.45, 7) is 1.58. The second-order valence-electron chi connectivity index (χ2n) is 6.07. The molecule has 1 aromatic rings. The fraction of sp³-hybridized carbons (Fsp3) is 0.500. The molecule has 0 unspecified atom stereocenters. The van der Waals surface area contributed by atoms with Gasteiger partial charge in [0.1, 0.15) is 5.72 Å². The summed E-state index contributed by atoms with van der Waals surface area (Å²) >= 11 is 3.38. The van der Waals surface area contributed by atoms with E-state index < -0.39 is 17.7 Å². The lowest BCUT2D eigenvalue weighted by Crippen LogP contribution is -2.57. The highest BCUT2D eigenvalue weighted by atomic mass is 79.9. The summed E-state index contributed by atoms with van der Waals surface area (Å²) in [5.74, 6) is -1.33. The van der Waals surface area contributed by atoms with Crippen LogP contribution in [-0.2, 0) is 9.53 Å². The van der Waals surface area contributed by atoms with E-state index in [-0.39, 0.29) is 12.5 Å². The molecule has 1 N–H and O–H groups in total. The van der Waals surface area contributed by atoms with Gasteiger partial charge in [0.2, 0.25) is 0 Å². The average molecular weight is 383 g/mol. The number of likely N-dealkylation sites (tertiary alicyclic amines) is 1. The van der Waals surface area contributed by atoms with Crippen molar-refractivity contribution in [1.82, 2.24) is 9.80 Å². The highest BCUT2D eigenvalue weighted by Crippen LogP contribution is 2.38. The van der Waals surface area contributed by atoms with E-state index in [4.69, 9.17) is 4.74 Å². The molecule has 7 heteroatoms. The first kappa shape index (κ1) is 16.4. The molecule has 1 atom stereocenters. The second-order valence-corrected chi connectivity index (χ2v) is 6.92. The highest BCUT2D eigenvalue weighted by Gasteiger charge is 2.53. The lowest BCUT2D eigenvalue weighted by atomic mass is 9.97. The summed E-state index contributed by atoms with van der Waals surface area (Å²) in [5, 5.41) is 9.52. The number of nitrogens with zero attached hydrogens (tertiary/aromatic N) is 2. The first-order valence-corrected chi connectivity index (χ1v) is 8.37. The van der Waals surface area contributed by atoms with Crippen LogP contribution in [0.1, 0.15) is 23.2 Å². The molecule has 2 heterocycles. The van der Waals surface area contributed by atoms with Crippen LogP contribution in [-0.4, -0.2) is 65.3 Å². The first-order valence-electron chi connectivity index (χ1n) is 7.58. The Kier molecular flexibility index (Phi) is 4.44. The molecule has 2 fully saturated rings. The van der Waals surface area contributed by atoms with Gasteiger partial charge in [0.25, 0.3) is 5.91 Å². The summed E-state index contributed by atoms with van der Waals surface area (Å²) in [6.07, 6.45) is 1.23. The van der Waals surface area contributed by atoms with Crippen LogP contribution in [0.15, 0.2) is 28.7 Å². The monoisotopic (exact) mass is 382 g/mol. The van der Waals surface area contributed by atoms with E-state index in [2.05, 4.69) is 20.8 Å². The molecule has 0 aliphatic carbocycles. The molecule has 0 radical (unpaired) electrons. The zero-order chi connectivity index (χ0) is 16.6. The predicted octanol–water partition coefficient (Wildman–Crippen LogP) is 1.80. The van der Waals surface area contributed by atoms with E-state index in [1.807, 2.05) is 13.1 Å². The van der Waals surface area contributed by atoms with Crippen LogP contribution in [0.5, 0.6) is 0 Å². The molecule has 2 saturated heterocycles. The van der Waals surface area contributed by atoms with Gasteiger partial charge in [-0.1, -0.05) is 12.1 Å². The number of carbonyl (C=O) groups excluding carboxylic acids is 1. The van der Waals surface area contributed by atoms with Crippen molar-refractivity contribution in [2.75, 3.05) is 26.7 Å². The molecule has 23 heavy (non-hydrogen) atoms. The van der Waals surface area contributed by atoms with Gasteiger partial charge in [0.15, 0.2) is 6.04 Å². The molecule has 1 spiro atoms. The largest absolute Gasteiger partial charge is 0.480 e. The molecule has 0 bridgehead atoms. The van der Waals surface area contributed by atoms with Crippen molar-refractivity contribution in [3.05, 3.63) is 34.3 Å². The molecular formula is C16H19BrN2O4. The third kappa shape index (κ3) is 2.88. The molecular weight excluding hydrogens is 364 g/mol. The maximum absolute atomic E-state index is 13.1. The fourth-order valence-electron chi connectivity index (χ4n) is 3.29. The molecule has 3 rings (SSSR count). The first-order chi connectivity index (χ1) is 10.9. The van der Waals surface area contributed by atoms with Crippen LogP contribution in [0.3, 0.4) is 0 Å². The maximum atomic E-state index is 13.1. The van der Waals surface area contributed by atoms with Crippen LogP contribution >= 0.6 is 15.9 Å². The topological polar surface area (TPSA) is 70.1 Å². The van der Waals surface area contributed by atoms with E-state index in [9.17, 15) is 14.7 Å². The minimum absolute atomic E-state index is 0.0369. The lowest BCUT2D eigenvalue weighted by Gasteiger charge is -2.43. The van der Waals surface area contributed by atoms with Crippen molar-refractivity contribution in [3.8, 4) is 0 Å². The number of benzene rings is 1. The van der Waals surface area contributed by atoms with Crippen molar-refractivity contribution < 1.29 is 19.4 Å². The Morgan fingerprint density at radius 1 is 1.30 bits per heavy atom. The second kappa shape index (κ2) is 6.22. The Labute approximate surface area is 143 Å². The van der Waals surface area contributed by atoms with Crippen molar-refractivity contribution in [1.29, 1.82) is 0 Å². The zero-order valence-corrected chi connectivity index (χ0v) is 14.5. The lowest BCUT2D eigenvalue weighted by molar-refractivity contribution is -0.143. The molecule has 2 aliphatic heterocycles. The predicted molar refractivity (Wildman–Crippen MR) is 87.1 cm³/mol. The summed E-state index contributed by atoms with van der Waals surface area (Å²) < 4.78 is 6.54. The number of amides is 1. The molecule has 0 saturated carbocycles. The minimum Gasteiger partial charge on any atom is -0.480 e. The molecule has 2 aliphatic rings. The van der Waals surface area contributed by atoms with E-state index in [0.717, 1.165) is 13.1 Å². The SMILES string of the molecule is CN1CCC2(CC1)OC[C@H](C(=O)O)N2C(=O)c1ccccc1Br. The van der Waals surface area contributed by atoms with Crippen LogP contribution in [0.25, 0.3) is 0 Å². The summed E-state index contributed by atoms with van der Waals surface area (Å²) in [4.78, 5) is 28.3. The van der Waals surface area contributed by atoms with E-state index in [0.29, 0.717) is 22.9 Å². The van der Waals surface area contributed by atoms with Gasteiger partial charge in [0.05, 0.1) is 12.2 Å². The smallest absolute Gasteiger partial charge is 0.328 e. The molecule has 6 nitrogen and oxygen atoms in total. The quantitative estimate of drug-likeness (QED) is 0.844. The number of carboxylic acid groups (broad SMARTS) is 1. The number of ether oxygens (including phenoxy) is 1. The number of carbonyl (C=O) groups is 2. The third-order valence-corrected chi connectivity index (χ3v) is 5.33. The van der Waals surface area contributed by atoms with Crippen LogP contribution in [0.4, 0.5) is 0 Å². The normalized spacial score (nSPS) is 24.1. The number of piperidine rings is 1. The van der Waals surface area contributed by atoms with Gasteiger partial charge in [-0.25, -0.2) is 4.79 Å². The van der Waals surface area contributed by atoms with Crippen molar-refractivity contribution >= 4 is 27.8 Å². The van der Waals surface area contributed by atoms with E-state index in [1.165, 1.54) is 4.90 Å². The highest BCUT2D eigenvalue weighted by molar-refractivity contribution is 9.10. The fourth-order valence-corrected chi connectivity index (χ4v) is 3.74. The summed E-state index contributed by atoms with van der Waals surface area (Å²) in [6, 6.07) is 6.12. The Balaban J connectivity index is 1.98. The molecule has 1 amide bonds. The van der Waals surface area contributed by atoms with Gasteiger partial charge >= 0.3 is 5.97 Å². The van der Waals surface area contributed by atoms with Gasteiger partial charge in [-0.2, -0.15) is 0 Å². The van der Waals surface area contributed by atoms with Crippen molar-refractivity contribution in [2.45, 2.75) is 24.6 Å². The minimum atomic E-state index is -1.03. The Bertz CT molecular complexity index is 628. The van der Waals surface area contributed by atoms with Crippen molar-refractivity contribution in [3.63, 3.8) is 0 Å². The average Bonchev–Trinajstić information content (AvgIpc) is 2.90. The van der Waals surface area contributed by atoms with E-state index >= 15 is 0 Å². The summed E-state index contributed by atoms with van der Waals surface area (Å²) in [5.41, 5.74) is -0.357. The van der Waals surface area contributed by atoms with Gasteiger partial charge in [-0.3, -0.25) is 9.69 Å². The van der Waals surface area contributed by atoms with Crippen LogP contribution in [0, 0.1) is 0 Å². The molecule has 1 aromatic carbocycles. The Morgan fingerprint density at radius 2 is 1.96 bits per heavy atom. The van der Waals surface area contributed by atoms with Crippen molar-refractivity contribution in [2.24, 2.45) is 0 Å². The van der Waals surface area contributed by atoms with Gasteiger partial charge < -0.3 is 14.7 Å². The standard InChI is InChI=1S/C16H19BrN2O4/c1-18-8-6-16(7-9-18)19(13(10-23-16)15(21)22)14(20)11-4-2-3-5-12(11)17/h2-5,13H,6-10H2,1H3,(H,21,22)/t13-/m1/s1. The Morgan fingerprint density at radius 3 is 2.57 bits per heavy atom. The summed E-state index contributed by atoms with van der Waals surface area (Å²) in [7, 11) is 2.01. The number of hydrogen-bond acceptors (Lipinski definition) is 4. The number of halogens is 1. The number of hydrogen-bond donors (Lipinski definition) is 1. The van der Waals surface area contributed by atoms with E-state index in [1.54, 1.807) is 18.2 Å².